The van der Waals surface area contributed by atoms with Crippen molar-refractivity contribution in [2.24, 2.45) is 0 Å². The highest BCUT2D eigenvalue weighted by atomic mass is 35.5. The Morgan fingerprint density at radius 2 is 2.00 bits per heavy atom. The summed E-state index contributed by atoms with van der Waals surface area (Å²) in [6.07, 6.45) is -3.84. The van der Waals surface area contributed by atoms with Crippen LogP contribution in [0.25, 0.3) is 0 Å². The first-order chi connectivity index (χ1) is 11.7. The Hall–Kier alpha value is -1.80. The predicted octanol–water partition coefficient (Wildman–Crippen LogP) is 4.55. The van der Waals surface area contributed by atoms with Crippen LogP contribution in [0.2, 0.25) is 5.02 Å². The molecular weight excluding hydrogens is 373 g/mol. The van der Waals surface area contributed by atoms with Crippen LogP contribution >= 0.6 is 23.8 Å². The van der Waals surface area contributed by atoms with Crippen LogP contribution in [0.1, 0.15) is 23.4 Å². The average Bonchev–Trinajstić information content (AvgIpc) is 2.89. The third-order valence-corrected chi connectivity index (χ3v) is 4.03. The van der Waals surface area contributed by atoms with Gasteiger partial charge in [-0.3, -0.25) is 4.68 Å². The van der Waals surface area contributed by atoms with Gasteiger partial charge in [-0.05, 0) is 56.2 Å². The lowest BCUT2D eigenvalue weighted by molar-refractivity contribution is -0.141. The number of benzene rings is 1. The molecule has 0 radical (unpaired) electrons. The van der Waals surface area contributed by atoms with Crippen LogP contribution in [0.15, 0.2) is 24.3 Å². The molecule has 1 heterocycles. The van der Waals surface area contributed by atoms with Crippen LogP contribution in [-0.2, 0) is 12.7 Å². The summed E-state index contributed by atoms with van der Waals surface area (Å²) in [6, 6.07) is 6.49. The number of aromatic nitrogens is 2. The second kappa shape index (κ2) is 8.05. The second-order valence-corrected chi connectivity index (χ2v) is 6.43. The number of rotatable bonds is 5. The SMILES string of the molecule is Cc1ccc(Cl)cc1NC(=S)NCCCn1nc(C(F)(F)F)cc1C. The number of nitrogens with one attached hydrogen (secondary N) is 2. The maximum Gasteiger partial charge on any atom is 0.435 e. The van der Waals surface area contributed by atoms with Crippen LogP contribution < -0.4 is 10.6 Å². The van der Waals surface area contributed by atoms with Gasteiger partial charge < -0.3 is 10.6 Å². The number of anilines is 1. The molecule has 136 valence electrons. The van der Waals surface area contributed by atoms with E-state index in [9.17, 15) is 13.2 Å². The van der Waals surface area contributed by atoms with E-state index in [-0.39, 0.29) is 0 Å². The molecule has 0 atom stereocenters. The molecule has 0 bridgehead atoms. The van der Waals surface area contributed by atoms with E-state index >= 15 is 0 Å². The maximum atomic E-state index is 12.6. The first-order valence-corrected chi connectivity index (χ1v) is 8.38. The molecule has 1 aromatic heterocycles. The van der Waals surface area contributed by atoms with E-state index in [1.54, 1.807) is 19.1 Å². The Balaban J connectivity index is 1.80. The molecule has 0 aliphatic carbocycles. The number of aryl methyl sites for hydroxylation is 3. The number of halogens is 4. The van der Waals surface area contributed by atoms with Crippen molar-refractivity contribution in [3.05, 3.63) is 46.2 Å². The molecule has 0 saturated heterocycles. The first kappa shape index (κ1) is 19.5. The average molecular weight is 391 g/mol. The van der Waals surface area contributed by atoms with Gasteiger partial charge in [0, 0.05) is 29.5 Å². The van der Waals surface area contributed by atoms with E-state index in [1.165, 1.54) is 4.68 Å². The van der Waals surface area contributed by atoms with Crippen molar-refractivity contribution in [2.75, 3.05) is 11.9 Å². The van der Waals surface area contributed by atoms with E-state index < -0.39 is 11.9 Å². The number of hydrogen-bond donors (Lipinski definition) is 2. The van der Waals surface area contributed by atoms with Gasteiger partial charge in [0.1, 0.15) is 0 Å². The van der Waals surface area contributed by atoms with Crippen LogP contribution in [0.4, 0.5) is 18.9 Å². The maximum absolute atomic E-state index is 12.6. The Kier molecular flexibility index (Phi) is 6.29. The lowest BCUT2D eigenvalue weighted by Crippen LogP contribution is -2.30. The van der Waals surface area contributed by atoms with Gasteiger partial charge in [-0.15, -0.1) is 0 Å². The summed E-state index contributed by atoms with van der Waals surface area (Å²) < 4.78 is 39.2. The predicted molar refractivity (Wildman–Crippen MR) is 97.0 cm³/mol. The Labute approximate surface area is 154 Å². The van der Waals surface area contributed by atoms with Crippen LogP contribution in [0.3, 0.4) is 0 Å². The Morgan fingerprint density at radius 1 is 1.28 bits per heavy atom. The van der Waals surface area contributed by atoms with Gasteiger partial charge in [-0.1, -0.05) is 17.7 Å². The Bertz CT molecular complexity index is 758. The minimum absolute atomic E-state index is 0.369. The van der Waals surface area contributed by atoms with Gasteiger partial charge in [-0.25, -0.2) is 0 Å². The van der Waals surface area contributed by atoms with Crippen LogP contribution in [0, 0.1) is 13.8 Å². The van der Waals surface area contributed by atoms with Crippen molar-refractivity contribution in [3.8, 4) is 0 Å². The molecule has 0 saturated carbocycles. The molecule has 0 spiro atoms. The highest BCUT2D eigenvalue weighted by molar-refractivity contribution is 7.80. The topological polar surface area (TPSA) is 41.9 Å². The summed E-state index contributed by atoms with van der Waals surface area (Å²) in [4.78, 5) is 0. The van der Waals surface area contributed by atoms with Crippen molar-refractivity contribution in [1.29, 1.82) is 0 Å². The zero-order valence-electron chi connectivity index (χ0n) is 13.7. The van der Waals surface area contributed by atoms with Crippen molar-refractivity contribution >= 4 is 34.6 Å². The van der Waals surface area contributed by atoms with E-state index in [4.69, 9.17) is 23.8 Å². The lowest BCUT2D eigenvalue weighted by atomic mass is 10.2. The molecule has 0 fully saturated rings. The smallest absolute Gasteiger partial charge is 0.362 e. The lowest BCUT2D eigenvalue weighted by Gasteiger charge is -2.13. The Morgan fingerprint density at radius 3 is 2.64 bits per heavy atom. The second-order valence-electron chi connectivity index (χ2n) is 5.59. The number of alkyl halides is 3. The molecule has 0 unspecified atom stereocenters. The fraction of sp³-hybridized carbons (Fsp3) is 0.375. The number of thiocarbonyl (C=S) groups is 1. The first-order valence-electron chi connectivity index (χ1n) is 7.59. The van der Waals surface area contributed by atoms with Gasteiger partial charge in [0.15, 0.2) is 10.8 Å². The molecular formula is C16H18ClF3N4S. The molecule has 2 rings (SSSR count). The summed E-state index contributed by atoms with van der Waals surface area (Å²) in [5, 5.41) is 10.7. The standard InChI is InChI=1S/C16H18ClF3N4S/c1-10-4-5-12(17)9-13(10)22-15(25)21-6-3-7-24-11(2)8-14(23-24)16(18,19)20/h4-5,8-9H,3,6-7H2,1-2H3,(H2,21,22,25). The highest BCUT2D eigenvalue weighted by Gasteiger charge is 2.34. The minimum atomic E-state index is -4.42. The van der Waals surface area contributed by atoms with Crippen LogP contribution in [-0.4, -0.2) is 21.4 Å². The van der Waals surface area contributed by atoms with E-state index in [0.717, 1.165) is 17.3 Å². The number of nitrogens with zero attached hydrogens (tertiary/aromatic N) is 2. The fourth-order valence-electron chi connectivity index (χ4n) is 2.20. The molecule has 0 amide bonds. The van der Waals surface area contributed by atoms with Gasteiger partial charge in [0.2, 0.25) is 0 Å². The highest BCUT2D eigenvalue weighted by Crippen LogP contribution is 2.28. The van der Waals surface area contributed by atoms with Crippen molar-refractivity contribution in [1.82, 2.24) is 15.1 Å². The van der Waals surface area contributed by atoms with E-state index in [2.05, 4.69) is 15.7 Å². The summed E-state index contributed by atoms with van der Waals surface area (Å²) in [7, 11) is 0. The van der Waals surface area contributed by atoms with Crippen LogP contribution in [0.5, 0.6) is 0 Å². The molecule has 0 aliphatic rings. The normalized spacial score (nSPS) is 11.4. The summed E-state index contributed by atoms with van der Waals surface area (Å²) in [6.45, 7) is 4.41. The molecule has 2 N–H and O–H groups in total. The molecule has 9 heteroatoms. The molecule has 1 aromatic carbocycles. The van der Waals surface area contributed by atoms with Gasteiger partial charge >= 0.3 is 6.18 Å². The third-order valence-electron chi connectivity index (χ3n) is 3.55. The molecule has 2 aromatic rings. The monoisotopic (exact) mass is 390 g/mol. The van der Waals surface area contributed by atoms with Gasteiger partial charge in [-0.2, -0.15) is 18.3 Å². The summed E-state index contributed by atoms with van der Waals surface area (Å²) in [5.41, 5.74) is 1.41. The molecule has 25 heavy (non-hydrogen) atoms. The largest absolute Gasteiger partial charge is 0.435 e. The van der Waals surface area contributed by atoms with Gasteiger partial charge in [0.25, 0.3) is 0 Å². The minimum Gasteiger partial charge on any atom is -0.362 e. The third kappa shape index (κ3) is 5.61. The van der Waals surface area contributed by atoms with Crippen molar-refractivity contribution in [2.45, 2.75) is 33.0 Å². The quantitative estimate of drug-likeness (QED) is 0.580. The molecule has 0 aliphatic heterocycles. The van der Waals surface area contributed by atoms with E-state index in [0.29, 0.717) is 35.3 Å². The fourth-order valence-corrected chi connectivity index (χ4v) is 2.59. The summed E-state index contributed by atoms with van der Waals surface area (Å²) >= 11 is 11.2. The number of hydrogen-bond acceptors (Lipinski definition) is 2. The van der Waals surface area contributed by atoms with Crippen molar-refractivity contribution in [3.63, 3.8) is 0 Å². The molecule has 4 nitrogen and oxygen atoms in total. The van der Waals surface area contributed by atoms with Crippen molar-refractivity contribution < 1.29 is 13.2 Å². The zero-order valence-corrected chi connectivity index (χ0v) is 15.3. The van der Waals surface area contributed by atoms with Gasteiger partial charge in [0.05, 0.1) is 0 Å². The summed E-state index contributed by atoms with van der Waals surface area (Å²) in [5.74, 6) is 0. The van der Waals surface area contributed by atoms with E-state index in [1.807, 2.05) is 13.0 Å². The zero-order chi connectivity index (χ0) is 18.6.